The van der Waals surface area contributed by atoms with Gasteiger partial charge in [0.25, 0.3) is 0 Å². The number of hydrogen-bond acceptors (Lipinski definition) is 5. The summed E-state index contributed by atoms with van der Waals surface area (Å²) in [5, 5.41) is 3.03. The van der Waals surface area contributed by atoms with Crippen LogP contribution in [0, 0.1) is 5.92 Å². The average Bonchev–Trinajstić information content (AvgIpc) is 3.44. The molecule has 0 bridgehead atoms. The molecule has 1 fully saturated rings. The number of benzene rings is 2. The van der Waals surface area contributed by atoms with Crippen molar-refractivity contribution in [3.05, 3.63) is 53.6 Å². The molecule has 0 aromatic heterocycles. The topological polar surface area (TPSA) is 77.1 Å². The second-order valence-corrected chi connectivity index (χ2v) is 7.54. The van der Waals surface area contributed by atoms with Crippen LogP contribution in [0.5, 0.6) is 17.2 Å². The van der Waals surface area contributed by atoms with Gasteiger partial charge in [0.1, 0.15) is 5.75 Å². The molecule has 0 spiro atoms. The third kappa shape index (κ3) is 4.06. The first-order valence-electron chi connectivity index (χ1n) is 10.2. The summed E-state index contributed by atoms with van der Waals surface area (Å²) in [4.78, 5) is 27.2. The Balaban J connectivity index is 1.48. The zero-order valence-electron chi connectivity index (χ0n) is 17.2. The molecule has 2 heterocycles. The van der Waals surface area contributed by atoms with Crippen molar-refractivity contribution in [3.63, 3.8) is 0 Å². The van der Waals surface area contributed by atoms with Crippen LogP contribution < -0.4 is 19.5 Å². The first-order chi connectivity index (χ1) is 14.6. The Hall–Kier alpha value is -3.22. The molecule has 4 rings (SSSR count). The van der Waals surface area contributed by atoms with Gasteiger partial charge < -0.3 is 24.4 Å². The summed E-state index contributed by atoms with van der Waals surface area (Å²) in [6.07, 6.45) is 0.431. The molecule has 0 radical (unpaired) electrons. The van der Waals surface area contributed by atoms with Crippen LogP contribution in [0.15, 0.2) is 42.5 Å². The molecule has 2 aromatic rings. The SMILES string of the molecule is CCC(=O)N1C[C@H](c2ccc(OC)cc2)[C@H](C(=O)NCc2ccc3c(c2)OCO3)C1. The predicted octanol–water partition coefficient (Wildman–Crippen LogP) is 2.69. The minimum atomic E-state index is -0.303. The molecule has 2 aliphatic rings. The van der Waals surface area contributed by atoms with Crippen LogP contribution in [0.4, 0.5) is 0 Å². The van der Waals surface area contributed by atoms with Crippen LogP contribution in [0.3, 0.4) is 0 Å². The van der Waals surface area contributed by atoms with Crippen molar-refractivity contribution in [2.75, 3.05) is 27.0 Å². The third-order valence-corrected chi connectivity index (χ3v) is 5.76. The lowest BCUT2D eigenvalue weighted by molar-refractivity contribution is -0.130. The Labute approximate surface area is 175 Å². The zero-order valence-corrected chi connectivity index (χ0v) is 17.2. The van der Waals surface area contributed by atoms with Crippen LogP contribution in [0.25, 0.3) is 0 Å². The standard InChI is InChI=1S/C23H26N2O5/c1-3-22(26)25-12-18(16-5-7-17(28-2)8-6-16)19(13-25)23(27)24-11-15-4-9-20-21(10-15)30-14-29-20/h4-10,18-19H,3,11-14H2,1-2H3,(H,24,27)/t18-,19-/m1/s1. The normalized spacial score (nSPS) is 19.6. The van der Waals surface area contributed by atoms with E-state index in [9.17, 15) is 9.59 Å². The average molecular weight is 410 g/mol. The van der Waals surface area contributed by atoms with Crippen LogP contribution >= 0.6 is 0 Å². The highest BCUT2D eigenvalue weighted by atomic mass is 16.7. The van der Waals surface area contributed by atoms with Crippen LogP contribution in [0.1, 0.15) is 30.4 Å². The monoisotopic (exact) mass is 410 g/mol. The number of nitrogens with one attached hydrogen (secondary N) is 1. The summed E-state index contributed by atoms with van der Waals surface area (Å²) in [5.41, 5.74) is 1.97. The van der Waals surface area contributed by atoms with Crippen LogP contribution in [0.2, 0.25) is 0 Å². The number of likely N-dealkylation sites (tertiary alicyclic amines) is 1. The second kappa shape index (κ2) is 8.65. The van der Waals surface area contributed by atoms with Crippen molar-refractivity contribution in [1.29, 1.82) is 0 Å². The van der Waals surface area contributed by atoms with E-state index in [1.165, 1.54) is 0 Å². The largest absolute Gasteiger partial charge is 0.497 e. The van der Waals surface area contributed by atoms with E-state index in [0.717, 1.165) is 16.9 Å². The van der Waals surface area contributed by atoms with Crippen molar-refractivity contribution in [2.24, 2.45) is 5.92 Å². The van der Waals surface area contributed by atoms with E-state index in [2.05, 4.69) is 5.32 Å². The fourth-order valence-corrected chi connectivity index (χ4v) is 4.06. The van der Waals surface area contributed by atoms with E-state index in [1.807, 2.05) is 49.4 Å². The predicted molar refractivity (Wildman–Crippen MR) is 111 cm³/mol. The van der Waals surface area contributed by atoms with Crippen molar-refractivity contribution in [3.8, 4) is 17.2 Å². The van der Waals surface area contributed by atoms with Gasteiger partial charge in [-0.3, -0.25) is 9.59 Å². The minimum absolute atomic E-state index is 0.0526. The van der Waals surface area contributed by atoms with Crippen LogP contribution in [-0.4, -0.2) is 43.7 Å². The maximum Gasteiger partial charge on any atom is 0.231 e. The zero-order chi connectivity index (χ0) is 21.1. The number of fused-ring (bicyclic) bond motifs is 1. The van der Waals surface area contributed by atoms with Gasteiger partial charge in [0.05, 0.1) is 13.0 Å². The molecule has 2 aliphatic heterocycles. The van der Waals surface area contributed by atoms with E-state index in [4.69, 9.17) is 14.2 Å². The first-order valence-corrected chi connectivity index (χ1v) is 10.2. The molecule has 1 N–H and O–H groups in total. The van der Waals surface area contributed by atoms with Crippen LogP contribution in [-0.2, 0) is 16.1 Å². The molecule has 1 saturated heterocycles. The van der Waals surface area contributed by atoms with Crippen molar-refractivity contribution < 1.29 is 23.8 Å². The van der Waals surface area contributed by atoms with E-state index >= 15 is 0 Å². The third-order valence-electron chi connectivity index (χ3n) is 5.76. The van der Waals surface area contributed by atoms with E-state index in [0.29, 0.717) is 37.6 Å². The summed E-state index contributed by atoms with van der Waals surface area (Å²) in [6, 6.07) is 13.4. The van der Waals surface area contributed by atoms with Gasteiger partial charge in [0, 0.05) is 32.0 Å². The lowest BCUT2D eigenvalue weighted by atomic mass is 9.88. The van der Waals surface area contributed by atoms with Gasteiger partial charge in [0.15, 0.2) is 11.5 Å². The number of carbonyl (C=O) groups excluding carboxylic acids is 2. The fraction of sp³-hybridized carbons (Fsp3) is 0.391. The maximum atomic E-state index is 13.1. The van der Waals surface area contributed by atoms with Gasteiger partial charge in [-0.05, 0) is 35.4 Å². The quantitative estimate of drug-likeness (QED) is 0.792. The fourth-order valence-electron chi connectivity index (χ4n) is 4.06. The smallest absolute Gasteiger partial charge is 0.231 e. The Morgan fingerprint density at radius 2 is 1.87 bits per heavy atom. The highest BCUT2D eigenvalue weighted by Crippen LogP contribution is 2.35. The van der Waals surface area contributed by atoms with Gasteiger partial charge in [-0.25, -0.2) is 0 Å². The van der Waals surface area contributed by atoms with Crippen molar-refractivity contribution >= 4 is 11.8 Å². The molecule has 2 atom stereocenters. The molecule has 158 valence electrons. The van der Waals surface area contributed by atoms with Gasteiger partial charge in [-0.2, -0.15) is 0 Å². The molecule has 2 amide bonds. The van der Waals surface area contributed by atoms with Gasteiger partial charge >= 0.3 is 0 Å². The number of ether oxygens (including phenoxy) is 3. The van der Waals surface area contributed by atoms with Gasteiger partial charge in [-0.1, -0.05) is 25.1 Å². The number of amides is 2. The molecular weight excluding hydrogens is 384 g/mol. The summed E-state index contributed by atoms with van der Waals surface area (Å²) in [7, 11) is 1.62. The van der Waals surface area contributed by atoms with E-state index in [1.54, 1.807) is 12.0 Å². The number of hydrogen-bond donors (Lipinski definition) is 1. The van der Waals surface area contributed by atoms with Gasteiger partial charge in [0.2, 0.25) is 18.6 Å². The minimum Gasteiger partial charge on any atom is -0.497 e. The number of nitrogens with zero attached hydrogens (tertiary/aromatic N) is 1. The number of rotatable bonds is 6. The van der Waals surface area contributed by atoms with Gasteiger partial charge in [-0.15, -0.1) is 0 Å². The molecule has 0 aliphatic carbocycles. The van der Waals surface area contributed by atoms with Crippen molar-refractivity contribution in [2.45, 2.75) is 25.8 Å². The lowest BCUT2D eigenvalue weighted by Gasteiger charge is -2.18. The molecule has 30 heavy (non-hydrogen) atoms. The summed E-state index contributed by atoms with van der Waals surface area (Å²) < 4.78 is 16.0. The highest BCUT2D eigenvalue weighted by molar-refractivity contribution is 5.83. The van der Waals surface area contributed by atoms with E-state index in [-0.39, 0.29) is 30.4 Å². The Morgan fingerprint density at radius 3 is 2.60 bits per heavy atom. The molecule has 2 aromatic carbocycles. The molecule has 7 nitrogen and oxygen atoms in total. The maximum absolute atomic E-state index is 13.1. The number of methoxy groups -OCH3 is 1. The second-order valence-electron chi connectivity index (χ2n) is 7.54. The Morgan fingerprint density at radius 1 is 1.10 bits per heavy atom. The summed E-state index contributed by atoms with van der Waals surface area (Å²) in [5.74, 6) is 1.83. The molecular formula is C23H26N2O5. The molecule has 0 saturated carbocycles. The summed E-state index contributed by atoms with van der Waals surface area (Å²) >= 11 is 0. The van der Waals surface area contributed by atoms with E-state index < -0.39 is 0 Å². The van der Waals surface area contributed by atoms with Crippen molar-refractivity contribution in [1.82, 2.24) is 10.2 Å². The Bertz CT molecular complexity index is 928. The first kappa shape index (κ1) is 20.1. The molecule has 0 unspecified atom stereocenters. The lowest BCUT2D eigenvalue weighted by Crippen LogP contribution is -2.35. The number of carbonyl (C=O) groups is 2. The highest BCUT2D eigenvalue weighted by Gasteiger charge is 2.39. The summed E-state index contributed by atoms with van der Waals surface area (Å²) in [6.45, 7) is 3.43. The molecule has 7 heteroatoms. The Kier molecular flexibility index (Phi) is 5.79.